The highest BCUT2D eigenvalue weighted by atomic mass is 16.5. The third-order valence-electron chi connectivity index (χ3n) is 8.75. The fourth-order valence-corrected chi connectivity index (χ4v) is 5.99. The predicted octanol–water partition coefficient (Wildman–Crippen LogP) is 4.80. The summed E-state index contributed by atoms with van der Waals surface area (Å²) in [6, 6.07) is 9.67. The summed E-state index contributed by atoms with van der Waals surface area (Å²) < 4.78 is 10.1. The minimum absolute atomic E-state index is 0.00466. The number of hydrogen-bond acceptors (Lipinski definition) is 6. The van der Waals surface area contributed by atoms with Crippen molar-refractivity contribution in [3.8, 4) is 17.3 Å². The lowest BCUT2D eigenvalue weighted by Gasteiger charge is -2.30. The Kier molecular flexibility index (Phi) is 7.44. The molecule has 2 atom stereocenters. The number of hydrogen-bond donors (Lipinski definition) is 2. The molecule has 2 aliphatic rings. The van der Waals surface area contributed by atoms with Gasteiger partial charge in [-0.05, 0) is 68.9 Å². The van der Waals surface area contributed by atoms with E-state index in [1.807, 2.05) is 62.4 Å². The first-order valence-corrected chi connectivity index (χ1v) is 15.4. The van der Waals surface area contributed by atoms with Gasteiger partial charge < -0.3 is 29.8 Å². The second-order valence-corrected chi connectivity index (χ2v) is 13.4. The Morgan fingerprint density at radius 1 is 1.14 bits per heavy atom. The van der Waals surface area contributed by atoms with Crippen LogP contribution in [0, 0.1) is 11.3 Å². The lowest BCUT2D eigenvalue weighted by Crippen LogP contribution is -2.45. The number of nitrogens with one attached hydrogen (secondary N) is 1. The van der Waals surface area contributed by atoms with Gasteiger partial charge in [0.05, 0.1) is 30.1 Å². The van der Waals surface area contributed by atoms with E-state index in [1.54, 1.807) is 7.11 Å². The van der Waals surface area contributed by atoms with Crippen molar-refractivity contribution in [3.05, 3.63) is 41.6 Å². The van der Waals surface area contributed by atoms with Gasteiger partial charge in [-0.25, -0.2) is 9.97 Å². The SMILES string of the molecule is COc1cc(C(=O)N2CCC[C@@H](N)C2)cc2nc(-c3cc4ccc([C@@H](C)NC(=O)C(C)(C)C)nc4n3CC3CC3)n(C)c12. The van der Waals surface area contributed by atoms with E-state index in [0.29, 0.717) is 35.8 Å². The highest BCUT2D eigenvalue weighted by Gasteiger charge is 2.29. The number of fused-ring (bicyclic) bond motifs is 2. The number of nitrogens with zero attached hydrogens (tertiary/aromatic N) is 5. The molecule has 228 valence electrons. The zero-order valence-corrected chi connectivity index (χ0v) is 26.1. The predicted molar refractivity (Wildman–Crippen MR) is 168 cm³/mol. The van der Waals surface area contributed by atoms with Crippen LogP contribution in [0.5, 0.6) is 5.75 Å². The second kappa shape index (κ2) is 11.0. The van der Waals surface area contributed by atoms with Gasteiger partial charge in [-0.1, -0.05) is 20.8 Å². The van der Waals surface area contributed by atoms with Crippen LogP contribution in [0.15, 0.2) is 30.3 Å². The second-order valence-electron chi connectivity index (χ2n) is 13.4. The molecule has 4 aromatic rings. The van der Waals surface area contributed by atoms with Crippen molar-refractivity contribution in [1.82, 2.24) is 29.3 Å². The van der Waals surface area contributed by atoms with Crippen LogP contribution in [0.4, 0.5) is 0 Å². The standard InChI is InChI=1S/C33H43N7O3/c1-19(35-32(42)33(2,3)4)24-12-11-21-15-26(40(29(21)36-24)17-20-9-10-20)30-37-25-14-22(16-27(43-6)28(25)38(30)5)31(41)39-13-7-8-23(34)18-39/h11-12,14-16,19-20,23H,7-10,13,17-18,34H2,1-6H3,(H,35,42)/t19-,23-/m1/s1. The number of benzene rings is 1. The Hall–Kier alpha value is -3.92. The van der Waals surface area contributed by atoms with Gasteiger partial charge in [-0.15, -0.1) is 0 Å². The average molecular weight is 586 g/mol. The Balaban J connectivity index is 1.42. The van der Waals surface area contributed by atoms with E-state index in [-0.39, 0.29) is 23.9 Å². The number of nitrogens with two attached hydrogens (primary N) is 1. The summed E-state index contributed by atoms with van der Waals surface area (Å²) in [4.78, 5) is 38.1. The highest BCUT2D eigenvalue weighted by molar-refractivity contribution is 6.00. The number of amides is 2. The fourth-order valence-electron chi connectivity index (χ4n) is 5.99. The van der Waals surface area contributed by atoms with Crippen LogP contribution in [0.2, 0.25) is 0 Å². The van der Waals surface area contributed by atoms with E-state index in [2.05, 4.69) is 22.0 Å². The topological polar surface area (TPSA) is 120 Å². The highest BCUT2D eigenvalue weighted by Crippen LogP contribution is 2.38. The summed E-state index contributed by atoms with van der Waals surface area (Å²) in [6.45, 7) is 9.81. The molecule has 1 aliphatic heterocycles. The minimum Gasteiger partial charge on any atom is -0.494 e. The van der Waals surface area contributed by atoms with Crippen molar-refractivity contribution in [2.24, 2.45) is 24.1 Å². The number of carbonyl (C=O) groups is 2. The van der Waals surface area contributed by atoms with E-state index in [0.717, 1.165) is 53.1 Å². The lowest BCUT2D eigenvalue weighted by molar-refractivity contribution is -0.129. The summed E-state index contributed by atoms with van der Waals surface area (Å²) in [6.07, 6.45) is 4.23. The summed E-state index contributed by atoms with van der Waals surface area (Å²) in [5.74, 6) is 1.94. The maximum atomic E-state index is 13.5. The van der Waals surface area contributed by atoms with Crippen LogP contribution < -0.4 is 15.8 Å². The molecule has 4 heterocycles. The number of carbonyl (C=O) groups excluding carboxylic acids is 2. The fraction of sp³-hybridized carbons (Fsp3) is 0.515. The molecule has 3 N–H and O–H groups in total. The number of aryl methyl sites for hydroxylation is 1. The molecule has 10 nitrogen and oxygen atoms in total. The average Bonchev–Trinajstić information content (AvgIpc) is 3.64. The summed E-state index contributed by atoms with van der Waals surface area (Å²) in [7, 11) is 3.61. The zero-order chi connectivity index (χ0) is 30.6. The van der Waals surface area contributed by atoms with Crippen LogP contribution in [0.25, 0.3) is 33.6 Å². The van der Waals surface area contributed by atoms with Gasteiger partial charge in [0.25, 0.3) is 5.91 Å². The number of rotatable bonds is 7. The quantitative estimate of drug-likeness (QED) is 0.322. The maximum Gasteiger partial charge on any atom is 0.254 e. The molecule has 1 saturated carbocycles. The number of likely N-dealkylation sites (tertiary alicyclic amines) is 1. The van der Waals surface area contributed by atoms with Crippen LogP contribution in [0.1, 0.15) is 75.5 Å². The minimum atomic E-state index is -0.482. The molecule has 1 aliphatic carbocycles. The summed E-state index contributed by atoms with van der Waals surface area (Å²) in [5.41, 5.74) is 10.4. The van der Waals surface area contributed by atoms with Gasteiger partial charge in [0.15, 0.2) is 5.82 Å². The van der Waals surface area contributed by atoms with E-state index >= 15 is 0 Å². The summed E-state index contributed by atoms with van der Waals surface area (Å²) >= 11 is 0. The Morgan fingerprint density at radius 3 is 2.58 bits per heavy atom. The number of piperidine rings is 1. The molecule has 2 amide bonds. The Bertz CT molecular complexity index is 1710. The molecule has 3 aromatic heterocycles. The first-order valence-electron chi connectivity index (χ1n) is 15.4. The molecular formula is C33H43N7O3. The number of ether oxygens (including phenoxy) is 1. The Labute approximate surface area is 252 Å². The van der Waals surface area contributed by atoms with Crippen LogP contribution >= 0.6 is 0 Å². The van der Waals surface area contributed by atoms with Gasteiger partial charge in [0.2, 0.25) is 5.91 Å². The van der Waals surface area contributed by atoms with Gasteiger partial charge in [-0.3, -0.25) is 9.59 Å². The van der Waals surface area contributed by atoms with E-state index in [9.17, 15) is 9.59 Å². The smallest absolute Gasteiger partial charge is 0.254 e. The zero-order valence-electron chi connectivity index (χ0n) is 26.1. The number of methoxy groups -OCH3 is 1. The Morgan fingerprint density at radius 2 is 1.91 bits per heavy atom. The molecule has 43 heavy (non-hydrogen) atoms. The lowest BCUT2D eigenvalue weighted by atomic mass is 9.95. The molecule has 1 aromatic carbocycles. The number of aromatic nitrogens is 4. The first-order chi connectivity index (χ1) is 20.4. The van der Waals surface area contributed by atoms with Gasteiger partial charge in [0.1, 0.15) is 16.9 Å². The molecule has 0 unspecified atom stereocenters. The molecule has 10 heteroatoms. The molecule has 1 saturated heterocycles. The largest absolute Gasteiger partial charge is 0.494 e. The molecule has 0 radical (unpaired) electrons. The molecule has 2 fully saturated rings. The number of imidazole rings is 1. The van der Waals surface area contributed by atoms with Crippen LogP contribution in [0.3, 0.4) is 0 Å². The molecule has 6 rings (SSSR count). The third kappa shape index (κ3) is 5.60. The molecule has 0 spiro atoms. The number of pyridine rings is 1. The molecular weight excluding hydrogens is 542 g/mol. The van der Waals surface area contributed by atoms with Crippen LogP contribution in [-0.2, 0) is 18.4 Å². The van der Waals surface area contributed by atoms with Crippen molar-refractivity contribution < 1.29 is 14.3 Å². The van der Waals surface area contributed by atoms with Gasteiger partial charge in [0, 0.05) is 49.1 Å². The monoisotopic (exact) mass is 585 g/mol. The van der Waals surface area contributed by atoms with E-state index in [4.69, 9.17) is 20.4 Å². The van der Waals surface area contributed by atoms with Crippen molar-refractivity contribution in [2.45, 2.75) is 72.0 Å². The van der Waals surface area contributed by atoms with Crippen molar-refractivity contribution in [3.63, 3.8) is 0 Å². The van der Waals surface area contributed by atoms with Gasteiger partial charge in [-0.2, -0.15) is 0 Å². The third-order valence-corrected chi connectivity index (χ3v) is 8.75. The van der Waals surface area contributed by atoms with Crippen molar-refractivity contribution >= 4 is 33.9 Å². The summed E-state index contributed by atoms with van der Waals surface area (Å²) in [5, 5.41) is 4.13. The van der Waals surface area contributed by atoms with Gasteiger partial charge >= 0.3 is 0 Å². The van der Waals surface area contributed by atoms with Crippen LogP contribution in [-0.4, -0.2) is 62.1 Å². The van der Waals surface area contributed by atoms with E-state index in [1.165, 1.54) is 12.8 Å². The first kappa shape index (κ1) is 29.2. The molecule has 0 bridgehead atoms. The normalized spacial score (nSPS) is 18.3. The maximum absolute atomic E-state index is 13.5. The van der Waals surface area contributed by atoms with Crippen molar-refractivity contribution in [2.75, 3.05) is 20.2 Å². The van der Waals surface area contributed by atoms with E-state index < -0.39 is 5.41 Å². The van der Waals surface area contributed by atoms with Crippen molar-refractivity contribution in [1.29, 1.82) is 0 Å².